The van der Waals surface area contributed by atoms with Gasteiger partial charge in [-0.15, -0.1) is 0 Å². The van der Waals surface area contributed by atoms with Crippen LogP contribution < -0.4 is 11.3 Å². The molecule has 0 aliphatic rings. The molecule has 1 heterocycles. The van der Waals surface area contributed by atoms with Gasteiger partial charge in [-0.05, 0) is 12.5 Å². The third-order valence-electron chi connectivity index (χ3n) is 2.65. The number of imidazole rings is 1. The molecule has 84 valence electrons. The lowest BCUT2D eigenvalue weighted by molar-refractivity contribution is 0.561. The maximum absolute atomic E-state index is 5.62. The lowest BCUT2D eigenvalue weighted by atomic mass is 10.1. The summed E-state index contributed by atoms with van der Waals surface area (Å²) in [5.74, 6) is 6.56. The number of rotatable bonds is 4. The van der Waals surface area contributed by atoms with E-state index in [-0.39, 0.29) is 6.04 Å². The first-order valence-electron chi connectivity index (χ1n) is 5.39. The molecule has 1 atom stereocenters. The van der Waals surface area contributed by atoms with Gasteiger partial charge in [0.25, 0.3) is 0 Å². The molecule has 0 fully saturated rings. The second-order valence-corrected chi connectivity index (χ2v) is 3.58. The van der Waals surface area contributed by atoms with Gasteiger partial charge in [0.2, 0.25) is 0 Å². The fourth-order valence-corrected chi connectivity index (χ4v) is 1.81. The van der Waals surface area contributed by atoms with Crippen LogP contribution in [0.5, 0.6) is 0 Å². The van der Waals surface area contributed by atoms with Crippen LogP contribution in [0.2, 0.25) is 0 Å². The number of hydrogen-bond donors (Lipinski definition) is 2. The molecule has 0 aliphatic carbocycles. The maximum atomic E-state index is 5.62. The summed E-state index contributed by atoms with van der Waals surface area (Å²) in [6.45, 7) is 2.98. The molecule has 16 heavy (non-hydrogen) atoms. The van der Waals surface area contributed by atoms with Crippen molar-refractivity contribution >= 4 is 0 Å². The Kier molecular flexibility index (Phi) is 3.34. The van der Waals surface area contributed by atoms with E-state index in [1.165, 1.54) is 0 Å². The van der Waals surface area contributed by atoms with Gasteiger partial charge in [0.1, 0.15) is 11.9 Å². The van der Waals surface area contributed by atoms with Gasteiger partial charge in [-0.25, -0.2) is 10.4 Å². The van der Waals surface area contributed by atoms with Gasteiger partial charge < -0.3 is 4.57 Å². The zero-order valence-corrected chi connectivity index (χ0v) is 9.30. The fraction of sp³-hybridized carbons (Fsp3) is 0.250. The van der Waals surface area contributed by atoms with Gasteiger partial charge >= 0.3 is 0 Å². The Labute approximate surface area is 95.1 Å². The lowest BCUT2D eigenvalue weighted by Crippen LogP contribution is -2.31. The summed E-state index contributed by atoms with van der Waals surface area (Å²) in [5.41, 5.74) is 3.93. The fourth-order valence-electron chi connectivity index (χ4n) is 1.81. The molecule has 0 spiro atoms. The average Bonchev–Trinajstić information content (AvgIpc) is 2.80. The highest BCUT2D eigenvalue weighted by Crippen LogP contribution is 2.19. The molecule has 3 N–H and O–H groups in total. The number of nitrogens with one attached hydrogen (secondary N) is 1. The van der Waals surface area contributed by atoms with E-state index in [0.29, 0.717) is 0 Å². The zero-order valence-electron chi connectivity index (χ0n) is 9.30. The first-order valence-corrected chi connectivity index (χ1v) is 5.39. The number of hydrazine groups is 1. The third-order valence-corrected chi connectivity index (χ3v) is 2.65. The van der Waals surface area contributed by atoms with Crippen LogP contribution in [0, 0.1) is 0 Å². The minimum atomic E-state index is -0.0591. The van der Waals surface area contributed by atoms with Crippen molar-refractivity contribution in [2.45, 2.75) is 19.5 Å². The highest BCUT2D eigenvalue weighted by atomic mass is 15.3. The first kappa shape index (κ1) is 10.9. The molecule has 0 aliphatic heterocycles. The number of aromatic nitrogens is 2. The van der Waals surface area contributed by atoms with Crippen molar-refractivity contribution in [1.82, 2.24) is 15.0 Å². The van der Waals surface area contributed by atoms with E-state index in [4.69, 9.17) is 5.84 Å². The molecule has 4 heteroatoms. The van der Waals surface area contributed by atoms with Crippen LogP contribution in [0.3, 0.4) is 0 Å². The molecule has 1 unspecified atom stereocenters. The molecular formula is C12H16N4. The number of nitrogens with two attached hydrogens (primary N) is 1. The molecule has 0 amide bonds. The summed E-state index contributed by atoms with van der Waals surface area (Å²) < 4.78 is 2.08. The van der Waals surface area contributed by atoms with Crippen molar-refractivity contribution < 1.29 is 0 Å². The van der Waals surface area contributed by atoms with Crippen LogP contribution >= 0.6 is 0 Å². The second kappa shape index (κ2) is 4.92. The molecule has 2 rings (SSSR count). The topological polar surface area (TPSA) is 55.9 Å². The number of hydrogen-bond acceptors (Lipinski definition) is 3. The summed E-state index contributed by atoms with van der Waals surface area (Å²) in [6, 6.07) is 10.0. The number of aryl methyl sites for hydroxylation is 1. The molecule has 2 aromatic rings. The van der Waals surface area contributed by atoms with E-state index in [0.717, 1.165) is 17.9 Å². The van der Waals surface area contributed by atoms with E-state index in [2.05, 4.69) is 21.9 Å². The summed E-state index contributed by atoms with van der Waals surface area (Å²) in [7, 11) is 0. The third kappa shape index (κ3) is 1.98. The monoisotopic (exact) mass is 216 g/mol. The van der Waals surface area contributed by atoms with E-state index < -0.39 is 0 Å². The van der Waals surface area contributed by atoms with Gasteiger partial charge in [-0.1, -0.05) is 30.3 Å². The van der Waals surface area contributed by atoms with Crippen LogP contribution in [0.25, 0.3) is 0 Å². The standard InChI is InChI=1S/C12H16N4/c1-2-16-9-8-14-12(16)11(15-13)10-6-4-3-5-7-10/h3-9,11,15H,2,13H2,1H3. The van der Waals surface area contributed by atoms with Crippen molar-refractivity contribution in [3.8, 4) is 0 Å². The van der Waals surface area contributed by atoms with Crippen LogP contribution in [0.15, 0.2) is 42.7 Å². The van der Waals surface area contributed by atoms with Crippen molar-refractivity contribution in [1.29, 1.82) is 0 Å². The normalized spacial score (nSPS) is 12.6. The highest BCUT2D eigenvalue weighted by molar-refractivity contribution is 5.24. The highest BCUT2D eigenvalue weighted by Gasteiger charge is 2.16. The molecule has 0 radical (unpaired) electrons. The van der Waals surface area contributed by atoms with Crippen molar-refractivity contribution in [2.24, 2.45) is 5.84 Å². The number of benzene rings is 1. The maximum Gasteiger partial charge on any atom is 0.131 e. The van der Waals surface area contributed by atoms with Crippen LogP contribution in [0.4, 0.5) is 0 Å². The first-order chi connectivity index (χ1) is 7.86. The minimum absolute atomic E-state index is 0.0591. The molecule has 1 aromatic carbocycles. The molecule has 0 saturated carbocycles. The van der Waals surface area contributed by atoms with Gasteiger partial charge in [-0.2, -0.15) is 0 Å². The summed E-state index contributed by atoms with van der Waals surface area (Å²) in [6.07, 6.45) is 3.76. The van der Waals surface area contributed by atoms with Crippen LogP contribution in [-0.4, -0.2) is 9.55 Å². The van der Waals surface area contributed by atoms with Crippen molar-refractivity contribution in [3.05, 3.63) is 54.1 Å². The van der Waals surface area contributed by atoms with E-state index in [1.54, 1.807) is 6.20 Å². The van der Waals surface area contributed by atoms with E-state index in [1.807, 2.05) is 36.5 Å². The van der Waals surface area contributed by atoms with Crippen LogP contribution in [0.1, 0.15) is 24.4 Å². The Bertz CT molecular complexity index is 435. The minimum Gasteiger partial charge on any atom is -0.334 e. The van der Waals surface area contributed by atoms with Gasteiger partial charge in [-0.3, -0.25) is 5.84 Å². The van der Waals surface area contributed by atoms with Crippen LogP contribution in [-0.2, 0) is 6.54 Å². The van der Waals surface area contributed by atoms with Gasteiger partial charge in [0.15, 0.2) is 0 Å². The molecule has 1 aromatic heterocycles. The Morgan fingerprint density at radius 2 is 2.12 bits per heavy atom. The molecule has 0 saturated heterocycles. The molecular weight excluding hydrogens is 200 g/mol. The quantitative estimate of drug-likeness (QED) is 0.601. The SMILES string of the molecule is CCn1ccnc1C(NN)c1ccccc1. The predicted molar refractivity (Wildman–Crippen MR) is 63.5 cm³/mol. The largest absolute Gasteiger partial charge is 0.334 e. The zero-order chi connectivity index (χ0) is 11.4. The average molecular weight is 216 g/mol. The Balaban J connectivity index is 2.37. The summed E-state index contributed by atoms with van der Waals surface area (Å²) in [5, 5.41) is 0. The Morgan fingerprint density at radius 1 is 1.38 bits per heavy atom. The molecule has 4 nitrogen and oxygen atoms in total. The smallest absolute Gasteiger partial charge is 0.131 e. The Morgan fingerprint density at radius 3 is 2.75 bits per heavy atom. The second-order valence-electron chi connectivity index (χ2n) is 3.58. The van der Waals surface area contributed by atoms with Crippen molar-refractivity contribution in [3.63, 3.8) is 0 Å². The molecule has 0 bridgehead atoms. The lowest BCUT2D eigenvalue weighted by Gasteiger charge is -2.16. The Hall–Kier alpha value is -1.65. The van der Waals surface area contributed by atoms with Gasteiger partial charge in [0, 0.05) is 18.9 Å². The van der Waals surface area contributed by atoms with Gasteiger partial charge in [0.05, 0.1) is 0 Å². The number of nitrogens with zero attached hydrogens (tertiary/aromatic N) is 2. The van der Waals surface area contributed by atoms with Crippen molar-refractivity contribution in [2.75, 3.05) is 0 Å². The summed E-state index contributed by atoms with van der Waals surface area (Å²) >= 11 is 0. The van der Waals surface area contributed by atoms with E-state index in [9.17, 15) is 0 Å². The summed E-state index contributed by atoms with van der Waals surface area (Å²) in [4.78, 5) is 4.36. The predicted octanol–water partition coefficient (Wildman–Crippen LogP) is 1.46. The van der Waals surface area contributed by atoms with E-state index >= 15 is 0 Å².